The highest BCUT2D eigenvalue weighted by molar-refractivity contribution is 5.86. The first-order valence-corrected chi connectivity index (χ1v) is 6.90. The Morgan fingerprint density at radius 3 is 2.63 bits per heavy atom. The van der Waals surface area contributed by atoms with Crippen molar-refractivity contribution >= 4 is 11.9 Å². The molecule has 1 aromatic heterocycles. The topological polar surface area (TPSA) is 66.3 Å². The maximum atomic E-state index is 10.8. The van der Waals surface area contributed by atoms with Gasteiger partial charge in [0.05, 0.1) is 5.56 Å². The van der Waals surface area contributed by atoms with Crippen LogP contribution in [0.1, 0.15) is 36.0 Å². The van der Waals surface area contributed by atoms with Crippen LogP contribution < -0.4 is 4.90 Å². The lowest BCUT2D eigenvalue weighted by Crippen LogP contribution is -2.29. The Bertz CT molecular complexity index is 474. The van der Waals surface area contributed by atoms with Gasteiger partial charge in [0.2, 0.25) is 5.95 Å². The fourth-order valence-corrected chi connectivity index (χ4v) is 3.66. The van der Waals surface area contributed by atoms with Gasteiger partial charge in [-0.1, -0.05) is 6.42 Å². The molecule has 3 rings (SSSR count). The lowest BCUT2D eigenvalue weighted by Gasteiger charge is -2.27. The monoisotopic (exact) mass is 261 g/mol. The Morgan fingerprint density at radius 2 is 2.11 bits per heavy atom. The van der Waals surface area contributed by atoms with Crippen LogP contribution in [0.3, 0.4) is 0 Å². The van der Waals surface area contributed by atoms with Crippen LogP contribution in [0, 0.1) is 17.8 Å². The van der Waals surface area contributed by atoms with Crippen LogP contribution in [0.2, 0.25) is 0 Å². The maximum Gasteiger partial charge on any atom is 0.338 e. The van der Waals surface area contributed by atoms with Gasteiger partial charge >= 0.3 is 5.97 Å². The van der Waals surface area contributed by atoms with Crippen molar-refractivity contribution in [2.24, 2.45) is 17.8 Å². The molecule has 1 aromatic rings. The molecule has 0 amide bonds. The van der Waals surface area contributed by atoms with Gasteiger partial charge in [-0.2, -0.15) is 0 Å². The van der Waals surface area contributed by atoms with Gasteiger partial charge in [-0.05, 0) is 37.0 Å². The molecule has 0 saturated heterocycles. The van der Waals surface area contributed by atoms with Crippen molar-refractivity contribution in [3.05, 3.63) is 18.0 Å². The van der Waals surface area contributed by atoms with Gasteiger partial charge in [-0.15, -0.1) is 0 Å². The standard InChI is InChI=1S/C14H19N3O2/c1-17(8-11-5-9-2-3-10(11)4-9)14-15-6-12(7-16-14)13(18)19/h6-7,9-11H,2-5,8H2,1H3,(H,18,19). The summed E-state index contributed by atoms with van der Waals surface area (Å²) in [5, 5.41) is 8.82. The number of fused-ring (bicyclic) bond motifs is 2. The maximum absolute atomic E-state index is 10.8. The second-order valence-corrected chi connectivity index (χ2v) is 5.89. The number of hydrogen-bond donors (Lipinski definition) is 1. The lowest BCUT2D eigenvalue weighted by atomic mass is 9.88. The van der Waals surface area contributed by atoms with Gasteiger partial charge in [0.1, 0.15) is 0 Å². The predicted octanol–water partition coefficient (Wildman–Crippen LogP) is 2.05. The van der Waals surface area contributed by atoms with Gasteiger partial charge in [0.25, 0.3) is 0 Å². The molecular formula is C14H19N3O2. The quantitative estimate of drug-likeness (QED) is 0.898. The van der Waals surface area contributed by atoms with Crippen LogP contribution in [0.5, 0.6) is 0 Å². The second kappa shape index (κ2) is 4.79. The Hall–Kier alpha value is -1.65. The van der Waals surface area contributed by atoms with Crippen molar-refractivity contribution in [1.29, 1.82) is 0 Å². The van der Waals surface area contributed by atoms with E-state index in [4.69, 9.17) is 5.11 Å². The van der Waals surface area contributed by atoms with E-state index in [0.717, 1.165) is 24.3 Å². The number of rotatable bonds is 4. The van der Waals surface area contributed by atoms with Crippen LogP contribution >= 0.6 is 0 Å². The summed E-state index contributed by atoms with van der Waals surface area (Å²) in [5.74, 6) is 2.21. The largest absolute Gasteiger partial charge is 0.478 e. The molecule has 0 spiro atoms. The van der Waals surface area contributed by atoms with Crippen molar-refractivity contribution in [3.8, 4) is 0 Å². The summed E-state index contributed by atoms with van der Waals surface area (Å²) >= 11 is 0. The van der Waals surface area contributed by atoms with Gasteiger partial charge in [0.15, 0.2) is 0 Å². The molecular weight excluding hydrogens is 242 g/mol. The van der Waals surface area contributed by atoms with Crippen molar-refractivity contribution < 1.29 is 9.90 Å². The molecule has 19 heavy (non-hydrogen) atoms. The number of carboxylic acid groups (broad SMARTS) is 1. The zero-order valence-corrected chi connectivity index (χ0v) is 11.1. The normalized spacial score (nSPS) is 28.6. The molecule has 3 unspecified atom stereocenters. The average molecular weight is 261 g/mol. The zero-order valence-electron chi connectivity index (χ0n) is 11.1. The number of carboxylic acids is 1. The van der Waals surface area contributed by atoms with Crippen LogP contribution in [0.15, 0.2) is 12.4 Å². The third kappa shape index (κ3) is 2.41. The highest BCUT2D eigenvalue weighted by Gasteiger charge is 2.39. The van der Waals surface area contributed by atoms with Crippen LogP contribution in [-0.4, -0.2) is 34.6 Å². The van der Waals surface area contributed by atoms with Crippen LogP contribution in [-0.2, 0) is 0 Å². The summed E-state index contributed by atoms with van der Waals surface area (Å²) in [4.78, 5) is 21.1. The molecule has 2 aliphatic carbocycles. The summed E-state index contributed by atoms with van der Waals surface area (Å²) in [7, 11) is 1.99. The van der Waals surface area contributed by atoms with Crippen LogP contribution in [0.25, 0.3) is 0 Å². The average Bonchev–Trinajstić information content (AvgIpc) is 3.01. The van der Waals surface area contributed by atoms with Crippen LogP contribution in [0.4, 0.5) is 5.95 Å². The molecule has 2 bridgehead atoms. The first-order valence-electron chi connectivity index (χ1n) is 6.90. The number of anilines is 1. The second-order valence-electron chi connectivity index (χ2n) is 5.89. The lowest BCUT2D eigenvalue weighted by molar-refractivity contribution is 0.0696. The summed E-state index contributed by atoms with van der Waals surface area (Å²) in [5.41, 5.74) is 0.136. The minimum atomic E-state index is -0.984. The minimum Gasteiger partial charge on any atom is -0.478 e. The number of nitrogens with zero attached hydrogens (tertiary/aromatic N) is 3. The number of aromatic carboxylic acids is 1. The first kappa shape index (κ1) is 12.4. The molecule has 102 valence electrons. The van der Waals surface area contributed by atoms with E-state index in [0.29, 0.717) is 5.95 Å². The van der Waals surface area contributed by atoms with Crippen molar-refractivity contribution in [3.63, 3.8) is 0 Å². The Morgan fingerprint density at radius 1 is 1.37 bits per heavy atom. The van der Waals surface area contributed by atoms with E-state index < -0.39 is 5.97 Å². The molecule has 1 heterocycles. The van der Waals surface area contributed by atoms with E-state index in [-0.39, 0.29) is 5.56 Å². The van der Waals surface area contributed by atoms with E-state index in [9.17, 15) is 4.79 Å². The Kier molecular flexibility index (Phi) is 3.12. The number of aromatic nitrogens is 2. The van der Waals surface area contributed by atoms with Gasteiger partial charge < -0.3 is 10.0 Å². The summed E-state index contributed by atoms with van der Waals surface area (Å²) in [6, 6.07) is 0. The van der Waals surface area contributed by atoms with Crippen molar-refractivity contribution in [1.82, 2.24) is 9.97 Å². The third-order valence-corrected chi connectivity index (χ3v) is 4.62. The van der Waals surface area contributed by atoms with E-state index >= 15 is 0 Å². The number of carbonyl (C=O) groups is 1. The Labute approximate surface area is 112 Å². The number of hydrogen-bond acceptors (Lipinski definition) is 4. The molecule has 2 aliphatic rings. The first-order chi connectivity index (χ1) is 9.13. The summed E-state index contributed by atoms with van der Waals surface area (Å²) in [6.07, 6.45) is 8.28. The van der Waals surface area contributed by atoms with Gasteiger partial charge in [0, 0.05) is 26.0 Å². The van der Waals surface area contributed by atoms with E-state index in [2.05, 4.69) is 14.9 Å². The van der Waals surface area contributed by atoms with E-state index in [1.807, 2.05) is 7.05 Å². The highest BCUT2D eigenvalue weighted by Crippen LogP contribution is 2.48. The molecule has 5 heteroatoms. The fraction of sp³-hybridized carbons (Fsp3) is 0.643. The molecule has 0 aromatic carbocycles. The zero-order chi connectivity index (χ0) is 13.4. The molecule has 0 radical (unpaired) electrons. The Balaban J connectivity index is 1.63. The molecule has 2 saturated carbocycles. The predicted molar refractivity (Wildman–Crippen MR) is 71.2 cm³/mol. The molecule has 5 nitrogen and oxygen atoms in total. The van der Waals surface area contributed by atoms with Crippen molar-refractivity contribution in [2.75, 3.05) is 18.5 Å². The highest BCUT2D eigenvalue weighted by atomic mass is 16.4. The SMILES string of the molecule is CN(CC1CC2CCC1C2)c1ncc(C(=O)O)cn1. The summed E-state index contributed by atoms with van der Waals surface area (Å²) < 4.78 is 0. The van der Waals surface area contributed by atoms with Gasteiger partial charge in [-0.3, -0.25) is 0 Å². The molecule has 3 atom stereocenters. The molecule has 2 fully saturated rings. The molecule has 1 N–H and O–H groups in total. The fourth-order valence-electron chi connectivity index (χ4n) is 3.66. The molecule has 0 aliphatic heterocycles. The smallest absolute Gasteiger partial charge is 0.338 e. The van der Waals surface area contributed by atoms with E-state index in [1.54, 1.807) is 0 Å². The van der Waals surface area contributed by atoms with Gasteiger partial charge in [-0.25, -0.2) is 14.8 Å². The van der Waals surface area contributed by atoms with Crippen molar-refractivity contribution in [2.45, 2.75) is 25.7 Å². The minimum absolute atomic E-state index is 0.136. The third-order valence-electron chi connectivity index (χ3n) is 4.62. The van der Waals surface area contributed by atoms with E-state index in [1.165, 1.54) is 38.1 Å². The summed E-state index contributed by atoms with van der Waals surface area (Å²) in [6.45, 7) is 0.980.